The summed E-state index contributed by atoms with van der Waals surface area (Å²) >= 11 is 0. The van der Waals surface area contributed by atoms with Crippen molar-refractivity contribution in [2.24, 2.45) is 0 Å². The van der Waals surface area contributed by atoms with Gasteiger partial charge in [0, 0.05) is 12.6 Å². The molecule has 0 aliphatic rings. The van der Waals surface area contributed by atoms with Gasteiger partial charge in [0.1, 0.15) is 12.6 Å². The first kappa shape index (κ1) is 27.4. The highest BCUT2D eigenvalue weighted by atomic mass is 32.2. The zero-order valence-electron chi connectivity index (χ0n) is 20.8. The van der Waals surface area contributed by atoms with E-state index >= 15 is 0 Å². The number of amides is 2. The van der Waals surface area contributed by atoms with E-state index in [1.54, 1.807) is 12.1 Å². The average molecular weight is 488 g/mol. The number of hydrogen-bond acceptors (Lipinski definition) is 4. The van der Waals surface area contributed by atoms with Crippen molar-refractivity contribution in [2.45, 2.75) is 65.6 Å². The lowest BCUT2D eigenvalue weighted by Crippen LogP contribution is -2.53. The van der Waals surface area contributed by atoms with Crippen LogP contribution in [-0.4, -0.2) is 50.0 Å². The summed E-state index contributed by atoms with van der Waals surface area (Å²) in [5.74, 6) is -0.660. The van der Waals surface area contributed by atoms with Crippen molar-refractivity contribution in [3.05, 3.63) is 65.7 Å². The van der Waals surface area contributed by atoms with Crippen LogP contribution >= 0.6 is 0 Å². The van der Waals surface area contributed by atoms with Crippen LogP contribution in [0.2, 0.25) is 0 Å². The lowest BCUT2D eigenvalue weighted by Gasteiger charge is -2.33. The third kappa shape index (κ3) is 7.32. The van der Waals surface area contributed by atoms with E-state index in [1.807, 2.05) is 70.2 Å². The summed E-state index contributed by atoms with van der Waals surface area (Å²) in [7, 11) is -3.74. The first-order chi connectivity index (χ1) is 16.1. The van der Waals surface area contributed by atoms with Crippen LogP contribution in [-0.2, 0) is 32.6 Å². The number of aryl methyl sites for hydroxylation is 1. The molecule has 2 aromatic carbocycles. The van der Waals surface area contributed by atoms with Gasteiger partial charge in [0.2, 0.25) is 21.8 Å². The molecule has 0 unspecified atom stereocenters. The summed E-state index contributed by atoms with van der Waals surface area (Å²) in [6.45, 7) is 7.52. The van der Waals surface area contributed by atoms with Gasteiger partial charge in [-0.05, 0) is 43.4 Å². The Kier molecular flexibility index (Phi) is 10.1. The number of anilines is 1. The van der Waals surface area contributed by atoms with E-state index < -0.39 is 22.0 Å². The van der Waals surface area contributed by atoms with Crippen LogP contribution in [0.1, 0.15) is 51.7 Å². The standard InChI is InChI=1S/C26H37N3O4S/c1-6-20(4)27-26(31)23(8-3)28(18-21-14-10-9-11-15-21)25(30)19-29(34(5,32)33)24-17-13-12-16-22(24)7-2/h9-17,20,23H,6-8,18-19H2,1-5H3,(H,27,31)/t20-,23-/m1/s1. The van der Waals surface area contributed by atoms with E-state index in [4.69, 9.17) is 0 Å². The Balaban J connectivity index is 2.45. The molecule has 0 aliphatic carbocycles. The maximum atomic E-state index is 13.7. The van der Waals surface area contributed by atoms with Gasteiger partial charge in [-0.25, -0.2) is 8.42 Å². The van der Waals surface area contributed by atoms with E-state index in [0.29, 0.717) is 18.5 Å². The Bertz CT molecular complexity index is 1060. The number of para-hydroxylation sites is 1. The van der Waals surface area contributed by atoms with Crippen LogP contribution in [0, 0.1) is 0 Å². The molecule has 2 aromatic rings. The summed E-state index contributed by atoms with van der Waals surface area (Å²) in [4.78, 5) is 28.3. The van der Waals surface area contributed by atoms with Crippen molar-refractivity contribution in [1.82, 2.24) is 10.2 Å². The molecule has 0 radical (unpaired) electrons. The van der Waals surface area contributed by atoms with Crippen molar-refractivity contribution < 1.29 is 18.0 Å². The Morgan fingerprint density at radius 2 is 1.56 bits per heavy atom. The molecule has 2 atom stereocenters. The molecule has 1 N–H and O–H groups in total. The minimum Gasteiger partial charge on any atom is -0.352 e. The summed E-state index contributed by atoms with van der Waals surface area (Å²) < 4.78 is 26.6. The highest BCUT2D eigenvalue weighted by Crippen LogP contribution is 2.24. The molecule has 2 rings (SSSR count). The van der Waals surface area contributed by atoms with E-state index in [9.17, 15) is 18.0 Å². The molecule has 0 saturated carbocycles. The maximum Gasteiger partial charge on any atom is 0.244 e. The monoisotopic (exact) mass is 487 g/mol. The number of benzene rings is 2. The smallest absolute Gasteiger partial charge is 0.244 e. The van der Waals surface area contributed by atoms with E-state index in [0.717, 1.165) is 28.1 Å². The third-order valence-corrected chi connectivity index (χ3v) is 7.03. The first-order valence-corrected chi connectivity index (χ1v) is 13.7. The molecule has 7 nitrogen and oxygen atoms in total. The molecule has 0 aliphatic heterocycles. The van der Waals surface area contributed by atoms with Gasteiger partial charge in [0.05, 0.1) is 11.9 Å². The molecule has 0 heterocycles. The number of carbonyl (C=O) groups is 2. The fourth-order valence-electron chi connectivity index (χ4n) is 3.79. The number of carbonyl (C=O) groups excluding carboxylic acids is 2. The largest absolute Gasteiger partial charge is 0.352 e. The molecule has 0 saturated heterocycles. The summed E-state index contributed by atoms with van der Waals surface area (Å²) in [6.07, 6.45) is 2.90. The minimum absolute atomic E-state index is 0.0285. The zero-order chi connectivity index (χ0) is 25.3. The molecular weight excluding hydrogens is 450 g/mol. The summed E-state index contributed by atoms with van der Waals surface area (Å²) in [5.41, 5.74) is 2.18. The lowest BCUT2D eigenvalue weighted by atomic mass is 10.1. The SMILES string of the molecule is CCc1ccccc1N(CC(=O)N(Cc1ccccc1)[C@H](CC)C(=O)N[C@H](C)CC)S(C)(=O)=O. The van der Waals surface area contributed by atoms with Gasteiger partial charge in [-0.1, -0.05) is 69.3 Å². The molecule has 8 heteroatoms. The highest BCUT2D eigenvalue weighted by molar-refractivity contribution is 7.92. The minimum atomic E-state index is -3.74. The van der Waals surface area contributed by atoms with Crippen LogP contribution < -0.4 is 9.62 Å². The van der Waals surface area contributed by atoms with Crippen LogP contribution in [0.25, 0.3) is 0 Å². The lowest BCUT2D eigenvalue weighted by molar-refractivity contribution is -0.140. The first-order valence-electron chi connectivity index (χ1n) is 11.8. The average Bonchev–Trinajstić information content (AvgIpc) is 2.82. The Morgan fingerprint density at radius 1 is 0.941 bits per heavy atom. The number of sulfonamides is 1. The van der Waals surface area contributed by atoms with E-state index in [-0.39, 0.29) is 25.0 Å². The van der Waals surface area contributed by atoms with Crippen molar-refractivity contribution in [2.75, 3.05) is 17.1 Å². The van der Waals surface area contributed by atoms with Gasteiger partial charge >= 0.3 is 0 Å². The molecule has 0 aromatic heterocycles. The number of nitrogens with one attached hydrogen (secondary N) is 1. The zero-order valence-corrected chi connectivity index (χ0v) is 21.6. The Morgan fingerprint density at radius 3 is 2.12 bits per heavy atom. The van der Waals surface area contributed by atoms with Crippen molar-refractivity contribution in [1.29, 1.82) is 0 Å². The van der Waals surface area contributed by atoms with Crippen molar-refractivity contribution >= 4 is 27.5 Å². The number of nitrogens with zero attached hydrogens (tertiary/aromatic N) is 2. The second-order valence-electron chi connectivity index (χ2n) is 8.50. The summed E-state index contributed by atoms with van der Waals surface area (Å²) in [6, 6.07) is 15.8. The van der Waals surface area contributed by atoms with Gasteiger partial charge in [0.25, 0.3) is 0 Å². The summed E-state index contributed by atoms with van der Waals surface area (Å²) in [5, 5.41) is 2.97. The second kappa shape index (κ2) is 12.6. The van der Waals surface area contributed by atoms with Gasteiger partial charge in [-0.15, -0.1) is 0 Å². The van der Waals surface area contributed by atoms with E-state index in [1.165, 1.54) is 4.90 Å². The van der Waals surface area contributed by atoms with Crippen molar-refractivity contribution in [3.63, 3.8) is 0 Å². The van der Waals surface area contributed by atoms with Gasteiger partial charge in [-0.3, -0.25) is 13.9 Å². The maximum absolute atomic E-state index is 13.7. The quantitative estimate of drug-likeness (QED) is 0.494. The third-order valence-electron chi connectivity index (χ3n) is 5.90. The molecular formula is C26H37N3O4S. The fraction of sp³-hybridized carbons (Fsp3) is 0.462. The predicted molar refractivity (Wildman–Crippen MR) is 137 cm³/mol. The van der Waals surface area contributed by atoms with Crippen LogP contribution in [0.3, 0.4) is 0 Å². The van der Waals surface area contributed by atoms with Crippen LogP contribution in [0.5, 0.6) is 0 Å². The van der Waals surface area contributed by atoms with Gasteiger partial charge in [-0.2, -0.15) is 0 Å². The van der Waals surface area contributed by atoms with Crippen LogP contribution in [0.15, 0.2) is 54.6 Å². The fourth-order valence-corrected chi connectivity index (χ4v) is 4.67. The Hall–Kier alpha value is -2.87. The molecule has 0 bridgehead atoms. The predicted octanol–water partition coefficient (Wildman–Crippen LogP) is 3.74. The normalized spacial score (nSPS) is 13.1. The van der Waals surface area contributed by atoms with Crippen molar-refractivity contribution in [3.8, 4) is 0 Å². The molecule has 2 amide bonds. The molecule has 0 spiro atoms. The topological polar surface area (TPSA) is 86.8 Å². The number of hydrogen-bond donors (Lipinski definition) is 1. The van der Waals surface area contributed by atoms with Gasteiger partial charge in [0.15, 0.2) is 0 Å². The Labute approximate surface area is 204 Å². The number of rotatable bonds is 12. The van der Waals surface area contributed by atoms with E-state index in [2.05, 4.69) is 5.32 Å². The van der Waals surface area contributed by atoms with Gasteiger partial charge < -0.3 is 10.2 Å². The highest BCUT2D eigenvalue weighted by Gasteiger charge is 2.32. The van der Waals surface area contributed by atoms with Crippen LogP contribution in [0.4, 0.5) is 5.69 Å². The molecule has 186 valence electrons. The molecule has 0 fully saturated rings. The second-order valence-corrected chi connectivity index (χ2v) is 10.4. The molecule has 34 heavy (non-hydrogen) atoms.